The molecule has 4 aliphatic rings. The van der Waals surface area contributed by atoms with Gasteiger partial charge in [-0.3, -0.25) is 9.59 Å². The number of rotatable bonds is 2. The third-order valence-corrected chi connectivity index (χ3v) is 5.92. The molecule has 0 radical (unpaired) electrons. The van der Waals surface area contributed by atoms with E-state index in [4.69, 9.17) is 18.9 Å². The van der Waals surface area contributed by atoms with Crippen LogP contribution in [0.3, 0.4) is 0 Å². The van der Waals surface area contributed by atoms with Crippen molar-refractivity contribution < 1.29 is 59.6 Å². The first-order valence-electron chi connectivity index (χ1n) is 9.36. The van der Waals surface area contributed by atoms with E-state index >= 15 is 0 Å². The summed E-state index contributed by atoms with van der Waals surface area (Å²) in [6.07, 6.45) is -18.5. The highest BCUT2D eigenvalue weighted by Gasteiger charge is 2.64. The topological polar surface area (TPSA) is 80.3 Å². The molecule has 4 rings (SSSR count). The van der Waals surface area contributed by atoms with Crippen molar-refractivity contribution in [2.45, 2.75) is 81.5 Å². The molecule has 1 unspecified atom stereocenters. The van der Waals surface area contributed by atoms with Gasteiger partial charge in [0.1, 0.15) is 6.10 Å². The van der Waals surface area contributed by atoms with Crippen LogP contribution in [0.15, 0.2) is 0 Å². The summed E-state index contributed by atoms with van der Waals surface area (Å²) < 4.78 is 102. The van der Waals surface area contributed by atoms with Gasteiger partial charge in [-0.15, -0.1) is 0 Å². The van der Waals surface area contributed by atoms with Crippen LogP contribution < -0.4 is 0 Å². The van der Waals surface area contributed by atoms with Crippen LogP contribution in [0.25, 0.3) is 0 Å². The number of alkyl halides is 6. The standard InChI is InChI=1S/C17H18F6O7/c1-6-8-9(26-11(6)24)10-13(27-8)30-15(29-10)4-2-7(3-5-15)12(25)28-14(16(18,19)20)17(21,22)23/h6-10,13-14H,2-5H2,1H3/t6?,7?,8-,9+,10-,13-,15?/m1/s1. The number of esters is 2. The van der Waals surface area contributed by atoms with E-state index in [1.807, 2.05) is 0 Å². The van der Waals surface area contributed by atoms with E-state index in [1.54, 1.807) is 6.92 Å². The summed E-state index contributed by atoms with van der Waals surface area (Å²) >= 11 is 0. The lowest BCUT2D eigenvalue weighted by Crippen LogP contribution is -2.47. The first-order chi connectivity index (χ1) is 13.8. The highest BCUT2D eigenvalue weighted by Crippen LogP contribution is 2.49. The number of ether oxygens (including phenoxy) is 5. The molecule has 0 aromatic rings. The van der Waals surface area contributed by atoms with Gasteiger partial charge < -0.3 is 23.7 Å². The average Bonchev–Trinajstić information content (AvgIpc) is 3.21. The van der Waals surface area contributed by atoms with Gasteiger partial charge in [0, 0.05) is 12.8 Å². The van der Waals surface area contributed by atoms with Crippen molar-refractivity contribution in [1.29, 1.82) is 0 Å². The van der Waals surface area contributed by atoms with E-state index in [9.17, 15) is 35.9 Å². The Kier molecular flexibility index (Phi) is 5.01. The van der Waals surface area contributed by atoms with Crippen molar-refractivity contribution in [3.63, 3.8) is 0 Å². The van der Waals surface area contributed by atoms with E-state index in [0.29, 0.717) is 0 Å². The van der Waals surface area contributed by atoms with Gasteiger partial charge in [0.25, 0.3) is 6.10 Å². The molecular formula is C17H18F6O7. The molecule has 170 valence electrons. The third kappa shape index (κ3) is 3.64. The molecule has 4 fully saturated rings. The molecule has 0 bridgehead atoms. The summed E-state index contributed by atoms with van der Waals surface area (Å²) in [5.74, 6) is -4.85. The Bertz CT molecular complexity index is 700. The molecule has 0 aromatic heterocycles. The van der Waals surface area contributed by atoms with Gasteiger partial charge in [-0.05, 0) is 19.8 Å². The highest BCUT2D eigenvalue weighted by atomic mass is 19.4. The van der Waals surface area contributed by atoms with Gasteiger partial charge in [0.15, 0.2) is 24.3 Å². The van der Waals surface area contributed by atoms with E-state index < -0.39 is 72.6 Å². The molecule has 5 atom stereocenters. The van der Waals surface area contributed by atoms with Crippen LogP contribution in [0.1, 0.15) is 32.6 Å². The number of carbonyl (C=O) groups is 2. The van der Waals surface area contributed by atoms with Gasteiger partial charge in [0.05, 0.1) is 11.8 Å². The maximum atomic E-state index is 12.6. The largest absolute Gasteiger partial charge is 0.456 e. The Labute approximate surface area is 165 Å². The molecule has 3 heterocycles. The van der Waals surface area contributed by atoms with Crippen LogP contribution >= 0.6 is 0 Å². The predicted octanol–water partition coefficient (Wildman–Crippen LogP) is 2.61. The van der Waals surface area contributed by atoms with E-state index in [-0.39, 0.29) is 25.7 Å². The Morgan fingerprint density at radius 3 is 2.20 bits per heavy atom. The van der Waals surface area contributed by atoms with Crippen LogP contribution in [-0.2, 0) is 33.3 Å². The van der Waals surface area contributed by atoms with Crippen molar-refractivity contribution in [1.82, 2.24) is 0 Å². The zero-order chi connectivity index (χ0) is 22.1. The molecule has 0 aromatic carbocycles. The Morgan fingerprint density at radius 2 is 1.63 bits per heavy atom. The van der Waals surface area contributed by atoms with Crippen LogP contribution in [-0.4, -0.2) is 60.8 Å². The molecule has 13 heteroatoms. The second-order valence-electron chi connectivity index (χ2n) is 7.94. The SMILES string of the molecule is CC1C(=O)O[C@@H]2[C@H]3OC4(CCC(C(=O)OC(C(F)(F)F)C(F)(F)F)CC4)O[C@H]3O[C@H]12. The van der Waals surface area contributed by atoms with Crippen molar-refractivity contribution in [3.8, 4) is 0 Å². The molecule has 3 aliphatic heterocycles. The van der Waals surface area contributed by atoms with E-state index in [2.05, 4.69) is 4.74 Å². The zero-order valence-corrected chi connectivity index (χ0v) is 15.5. The lowest BCUT2D eigenvalue weighted by molar-refractivity contribution is -0.315. The van der Waals surface area contributed by atoms with Crippen molar-refractivity contribution in [2.24, 2.45) is 11.8 Å². The molecule has 0 N–H and O–H groups in total. The molecule has 30 heavy (non-hydrogen) atoms. The number of hydrogen-bond donors (Lipinski definition) is 0. The Balaban J connectivity index is 1.35. The number of carbonyl (C=O) groups excluding carboxylic acids is 2. The van der Waals surface area contributed by atoms with E-state index in [0.717, 1.165) is 0 Å². The molecule has 3 saturated heterocycles. The molecule has 1 saturated carbocycles. The normalized spacial score (nSPS) is 41.1. The maximum Gasteiger partial charge on any atom is 0.434 e. The fourth-order valence-corrected chi connectivity index (χ4v) is 4.33. The number of hydrogen-bond acceptors (Lipinski definition) is 7. The van der Waals surface area contributed by atoms with Crippen LogP contribution in [0.5, 0.6) is 0 Å². The monoisotopic (exact) mass is 448 g/mol. The van der Waals surface area contributed by atoms with Crippen LogP contribution in [0.4, 0.5) is 26.3 Å². The minimum absolute atomic E-state index is 0.0344. The zero-order valence-electron chi connectivity index (χ0n) is 15.5. The van der Waals surface area contributed by atoms with Crippen LogP contribution in [0.2, 0.25) is 0 Å². The van der Waals surface area contributed by atoms with Gasteiger partial charge in [-0.2, -0.15) is 26.3 Å². The van der Waals surface area contributed by atoms with E-state index in [1.165, 1.54) is 0 Å². The number of fused-ring (bicyclic) bond motifs is 3. The summed E-state index contributed by atoms with van der Waals surface area (Å²) in [4.78, 5) is 23.6. The molecule has 1 spiro atoms. The highest BCUT2D eigenvalue weighted by molar-refractivity contribution is 5.75. The summed E-state index contributed by atoms with van der Waals surface area (Å²) in [6, 6.07) is 0. The van der Waals surface area contributed by atoms with Crippen molar-refractivity contribution in [2.75, 3.05) is 0 Å². The Hall–Kier alpha value is -1.60. The molecule has 7 nitrogen and oxygen atoms in total. The Morgan fingerprint density at radius 1 is 1.03 bits per heavy atom. The lowest BCUT2D eigenvalue weighted by Gasteiger charge is -2.36. The summed E-state index contributed by atoms with van der Waals surface area (Å²) in [7, 11) is 0. The summed E-state index contributed by atoms with van der Waals surface area (Å²) in [6.45, 7) is 1.65. The van der Waals surface area contributed by atoms with Gasteiger partial charge in [0.2, 0.25) is 0 Å². The van der Waals surface area contributed by atoms with Crippen LogP contribution in [0, 0.1) is 11.8 Å². The fraction of sp³-hybridized carbons (Fsp3) is 0.882. The van der Waals surface area contributed by atoms with Crippen molar-refractivity contribution in [3.05, 3.63) is 0 Å². The first kappa shape index (κ1) is 21.6. The number of halogens is 6. The first-order valence-corrected chi connectivity index (χ1v) is 9.36. The minimum Gasteiger partial charge on any atom is -0.456 e. The van der Waals surface area contributed by atoms with Crippen molar-refractivity contribution >= 4 is 11.9 Å². The maximum absolute atomic E-state index is 12.6. The average molecular weight is 448 g/mol. The van der Waals surface area contributed by atoms with Gasteiger partial charge in [-0.1, -0.05) is 0 Å². The fourth-order valence-electron chi connectivity index (χ4n) is 4.33. The second kappa shape index (κ2) is 6.95. The third-order valence-electron chi connectivity index (χ3n) is 5.92. The van der Waals surface area contributed by atoms with Gasteiger partial charge in [-0.25, -0.2) is 0 Å². The second-order valence-corrected chi connectivity index (χ2v) is 7.94. The summed E-state index contributed by atoms with van der Waals surface area (Å²) in [5, 5.41) is 0. The van der Waals surface area contributed by atoms with Gasteiger partial charge >= 0.3 is 24.3 Å². The predicted molar refractivity (Wildman–Crippen MR) is 80.3 cm³/mol. The quantitative estimate of drug-likeness (QED) is 0.475. The molecule has 0 amide bonds. The lowest BCUT2D eigenvalue weighted by atomic mass is 9.85. The smallest absolute Gasteiger partial charge is 0.434 e. The molecule has 1 aliphatic carbocycles. The minimum atomic E-state index is -5.76. The molecular weight excluding hydrogens is 430 g/mol. The summed E-state index contributed by atoms with van der Waals surface area (Å²) in [5.41, 5.74) is 0.